The molecule has 2 aromatic rings. The summed E-state index contributed by atoms with van der Waals surface area (Å²) in [5, 5.41) is 10.4. The van der Waals surface area contributed by atoms with Crippen molar-refractivity contribution in [2.75, 3.05) is 13.1 Å². The van der Waals surface area contributed by atoms with Crippen molar-refractivity contribution in [3.63, 3.8) is 0 Å². The van der Waals surface area contributed by atoms with Crippen molar-refractivity contribution in [1.29, 1.82) is 0 Å². The van der Waals surface area contributed by atoms with Crippen molar-refractivity contribution in [1.82, 2.24) is 25.0 Å². The summed E-state index contributed by atoms with van der Waals surface area (Å²) in [6.45, 7) is 1.04. The first-order valence-electron chi connectivity index (χ1n) is 7.38. The third kappa shape index (κ3) is 3.12. The van der Waals surface area contributed by atoms with Crippen LogP contribution in [0, 0.1) is 0 Å². The summed E-state index contributed by atoms with van der Waals surface area (Å²) in [4.78, 5) is 14.0. The number of carbonyl (C=O) groups is 1. The van der Waals surface area contributed by atoms with E-state index in [2.05, 4.69) is 15.5 Å². The number of aryl methyl sites for hydroxylation is 1. The van der Waals surface area contributed by atoms with Gasteiger partial charge in [-0.25, -0.2) is 0 Å². The molecule has 128 valence electrons. The zero-order chi connectivity index (χ0) is 17.3. The van der Waals surface area contributed by atoms with Gasteiger partial charge in [0.2, 0.25) is 5.91 Å². The Morgan fingerprint density at radius 1 is 1.33 bits per heavy atom. The molecule has 9 heteroatoms. The monoisotopic (exact) mass is 339 g/mol. The second-order valence-corrected chi connectivity index (χ2v) is 5.61. The summed E-state index contributed by atoms with van der Waals surface area (Å²) in [5.41, 5.74) is -0.848. The summed E-state index contributed by atoms with van der Waals surface area (Å²) in [5.74, 6) is 0.138. The van der Waals surface area contributed by atoms with Crippen LogP contribution in [0.25, 0.3) is 0 Å². The van der Waals surface area contributed by atoms with Crippen molar-refractivity contribution in [2.45, 2.75) is 18.8 Å². The second-order valence-electron chi connectivity index (χ2n) is 5.61. The highest BCUT2D eigenvalue weighted by molar-refractivity contribution is 5.84. The molecular formula is C15H16F3N5O. The maximum absolute atomic E-state index is 13.3. The number of nitrogens with one attached hydrogen (secondary N) is 1. The highest BCUT2D eigenvalue weighted by Crippen LogP contribution is 2.37. The lowest BCUT2D eigenvalue weighted by Gasteiger charge is -2.35. The van der Waals surface area contributed by atoms with E-state index in [0.717, 1.165) is 6.07 Å². The summed E-state index contributed by atoms with van der Waals surface area (Å²) in [7, 11) is 1.75. The molecule has 1 saturated heterocycles. The molecule has 1 aromatic carbocycles. The molecule has 6 nitrogen and oxygen atoms in total. The lowest BCUT2D eigenvalue weighted by atomic mass is 9.96. The summed E-state index contributed by atoms with van der Waals surface area (Å²) in [6, 6.07) is 4.15. The van der Waals surface area contributed by atoms with Crippen LogP contribution in [0.3, 0.4) is 0 Å². The zero-order valence-electron chi connectivity index (χ0n) is 12.9. The summed E-state index contributed by atoms with van der Waals surface area (Å²) >= 11 is 0. The number of nitrogens with zero attached hydrogens (tertiary/aromatic N) is 4. The van der Waals surface area contributed by atoms with Crippen LogP contribution in [0.15, 0.2) is 30.6 Å². The molecule has 1 aromatic heterocycles. The van der Waals surface area contributed by atoms with E-state index in [1.807, 2.05) is 0 Å². The first-order valence-corrected chi connectivity index (χ1v) is 7.38. The lowest BCUT2D eigenvalue weighted by Crippen LogP contribution is -2.50. The molecule has 0 saturated carbocycles. The Balaban J connectivity index is 1.99. The van der Waals surface area contributed by atoms with Crippen molar-refractivity contribution >= 4 is 5.91 Å². The van der Waals surface area contributed by atoms with Gasteiger partial charge in [0.15, 0.2) is 0 Å². The molecule has 1 atom stereocenters. The van der Waals surface area contributed by atoms with Crippen molar-refractivity contribution in [3.8, 4) is 0 Å². The van der Waals surface area contributed by atoms with E-state index in [-0.39, 0.29) is 12.1 Å². The second kappa shape index (κ2) is 6.23. The third-order valence-electron chi connectivity index (χ3n) is 4.02. The van der Waals surface area contributed by atoms with Crippen molar-refractivity contribution in [2.24, 2.45) is 7.05 Å². The van der Waals surface area contributed by atoms with Gasteiger partial charge in [0.05, 0.1) is 12.1 Å². The van der Waals surface area contributed by atoms with E-state index in [9.17, 15) is 18.0 Å². The Bertz CT molecular complexity index is 743. The largest absolute Gasteiger partial charge is 0.416 e. The van der Waals surface area contributed by atoms with Crippen molar-refractivity contribution in [3.05, 3.63) is 47.5 Å². The van der Waals surface area contributed by atoms with Crippen LogP contribution in [0.1, 0.15) is 23.0 Å². The van der Waals surface area contributed by atoms with Gasteiger partial charge in [-0.05, 0) is 11.6 Å². The van der Waals surface area contributed by atoms with E-state index < -0.39 is 23.7 Å². The maximum Gasteiger partial charge on any atom is 0.416 e. The predicted molar refractivity (Wildman–Crippen MR) is 78.6 cm³/mol. The van der Waals surface area contributed by atoms with E-state index in [1.54, 1.807) is 16.5 Å². The highest BCUT2D eigenvalue weighted by atomic mass is 19.4. The van der Waals surface area contributed by atoms with Gasteiger partial charge < -0.3 is 9.88 Å². The van der Waals surface area contributed by atoms with Gasteiger partial charge >= 0.3 is 6.18 Å². The van der Waals surface area contributed by atoms with Crippen LogP contribution in [0.2, 0.25) is 0 Å². The molecule has 1 N–H and O–H groups in total. The first kappa shape index (κ1) is 16.4. The van der Waals surface area contributed by atoms with Gasteiger partial charge in [0.1, 0.15) is 18.2 Å². The maximum atomic E-state index is 13.3. The van der Waals surface area contributed by atoms with Gasteiger partial charge in [-0.3, -0.25) is 9.69 Å². The molecule has 2 heterocycles. The zero-order valence-corrected chi connectivity index (χ0v) is 12.9. The minimum Gasteiger partial charge on any atom is -0.353 e. The molecule has 0 spiro atoms. The molecular weight excluding hydrogens is 323 g/mol. The molecule has 0 bridgehead atoms. The number of alkyl halides is 3. The molecule has 0 radical (unpaired) electrons. The minimum absolute atomic E-state index is 0.0515. The third-order valence-corrected chi connectivity index (χ3v) is 4.02. The number of halogens is 3. The van der Waals surface area contributed by atoms with E-state index in [0.29, 0.717) is 18.9 Å². The van der Waals surface area contributed by atoms with Crippen LogP contribution in [0.4, 0.5) is 13.2 Å². The summed E-state index contributed by atoms with van der Waals surface area (Å²) < 4.78 is 41.6. The molecule has 0 aliphatic carbocycles. The highest BCUT2D eigenvalue weighted by Gasteiger charge is 2.40. The van der Waals surface area contributed by atoms with Crippen LogP contribution < -0.4 is 5.32 Å². The average Bonchev–Trinajstić information content (AvgIpc) is 2.92. The fourth-order valence-corrected chi connectivity index (χ4v) is 2.85. The number of aromatic nitrogens is 3. The SMILES string of the molecule is Cn1cnnc1CN1CCNC(=O)C1c1ccccc1C(F)(F)F. The lowest BCUT2D eigenvalue weighted by molar-refractivity contribution is -0.140. The van der Waals surface area contributed by atoms with Gasteiger partial charge in [0, 0.05) is 20.1 Å². The summed E-state index contributed by atoms with van der Waals surface area (Å²) in [6.07, 6.45) is -3.01. The average molecular weight is 339 g/mol. The molecule has 1 amide bonds. The normalized spacial score (nSPS) is 19.3. The molecule has 1 fully saturated rings. The topological polar surface area (TPSA) is 63.1 Å². The number of carbonyl (C=O) groups excluding carboxylic acids is 1. The van der Waals surface area contributed by atoms with E-state index >= 15 is 0 Å². The minimum atomic E-state index is -4.52. The molecule has 1 aliphatic heterocycles. The number of benzene rings is 1. The predicted octanol–water partition coefficient (Wildman–Crippen LogP) is 1.51. The molecule has 3 rings (SSSR count). The van der Waals surface area contributed by atoms with Crippen LogP contribution in [-0.4, -0.2) is 38.7 Å². The number of rotatable bonds is 3. The number of amides is 1. The number of piperazine rings is 1. The number of hydrogen-bond acceptors (Lipinski definition) is 4. The quantitative estimate of drug-likeness (QED) is 0.921. The Morgan fingerprint density at radius 3 is 2.75 bits per heavy atom. The van der Waals surface area contributed by atoms with Crippen LogP contribution >= 0.6 is 0 Å². The van der Waals surface area contributed by atoms with Crippen LogP contribution in [0.5, 0.6) is 0 Å². The molecule has 1 aliphatic rings. The van der Waals surface area contributed by atoms with E-state index in [4.69, 9.17) is 0 Å². The Labute approximate surface area is 136 Å². The number of hydrogen-bond donors (Lipinski definition) is 1. The smallest absolute Gasteiger partial charge is 0.353 e. The fraction of sp³-hybridized carbons (Fsp3) is 0.400. The Hall–Kier alpha value is -2.42. The van der Waals surface area contributed by atoms with Gasteiger partial charge in [-0.2, -0.15) is 13.2 Å². The Morgan fingerprint density at radius 2 is 2.08 bits per heavy atom. The van der Waals surface area contributed by atoms with Gasteiger partial charge in [-0.1, -0.05) is 18.2 Å². The van der Waals surface area contributed by atoms with E-state index in [1.165, 1.54) is 24.5 Å². The standard InChI is InChI=1S/C15H16F3N5O/c1-22-9-20-21-12(22)8-23-7-6-19-14(24)13(23)10-4-2-3-5-11(10)15(16,17)18/h2-5,9,13H,6-8H2,1H3,(H,19,24). The fourth-order valence-electron chi connectivity index (χ4n) is 2.85. The van der Waals surface area contributed by atoms with Gasteiger partial charge in [-0.15, -0.1) is 10.2 Å². The molecule has 24 heavy (non-hydrogen) atoms. The molecule has 1 unspecified atom stereocenters. The van der Waals surface area contributed by atoms with Crippen LogP contribution in [-0.2, 0) is 24.6 Å². The Kier molecular flexibility index (Phi) is 4.27. The van der Waals surface area contributed by atoms with Gasteiger partial charge in [0.25, 0.3) is 0 Å². The first-order chi connectivity index (χ1) is 11.4. The van der Waals surface area contributed by atoms with Crippen molar-refractivity contribution < 1.29 is 18.0 Å².